The molecule has 38 heavy (non-hydrogen) atoms. The lowest BCUT2D eigenvalue weighted by Gasteiger charge is -2.46. The van der Waals surface area contributed by atoms with Gasteiger partial charge < -0.3 is 19.9 Å². The minimum Gasteiger partial charge on any atom is -0.492 e. The molecule has 2 heterocycles. The number of amides is 1. The van der Waals surface area contributed by atoms with Gasteiger partial charge in [-0.05, 0) is 37.6 Å². The van der Waals surface area contributed by atoms with E-state index in [2.05, 4.69) is 4.90 Å². The molecule has 2 fully saturated rings. The average Bonchev–Trinajstić information content (AvgIpc) is 3.58. The molecule has 0 radical (unpaired) electrons. The number of rotatable bonds is 6. The van der Waals surface area contributed by atoms with E-state index < -0.39 is 29.4 Å². The number of halogens is 4. The van der Waals surface area contributed by atoms with E-state index in [0.717, 1.165) is 11.6 Å². The van der Waals surface area contributed by atoms with Crippen molar-refractivity contribution in [1.29, 1.82) is 0 Å². The van der Waals surface area contributed by atoms with Crippen LogP contribution in [0.5, 0.6) is 5.75 Å². The van der Waals surface area contributed by atoms with E-state index >= 15 is 4.39 Å². The van der Waals surface area contributed by atoms with Crippen LogP contribution in [0.15, 0.2) is 35.3 Å². The number of alkyl halides is 1. The first-order valence-electron chi connectivity index (χ1n) is 12.4. The molecular formula is C27H28Cl2F2N4O3. The maximum Gasteiger partial charge on any atom is 0.254 e. The molecule has 0 bridgehead atoms. The Bertz CT molecular complexity index is 1490. The van der Waals surface area contributed by atoms with Crippen molar-refractivity contribution >= 4 is 45.7 Å². The van der Waals surface area contributed by atoms with Gasteiger partial charge in [0.05, 0.1) is 24.1 Å². The summed E-state index contributed by atoms with van der Waals surface area (Å²) in [5.74, 6) is -1.49. The molecule has 1 aromatic heterocycles. The first-order valence-corrected chi connectivity index (χ1v) is 13.1. The number of hydrogen-bond acceptors (Lipinski definition) is 5. The number of fused-ring (bicyclic) bond motifs is 1. The zero-order chi connectivity index (χ0) is 27.5. The Hall–Kier alpha value is -2.88. The van der Waals surface area contributed by atoms with E-state index in [-0.39, 0.29) is 46.4 Å². The Labute approximate surface area is 228 Å². The molecule has 11 heteroatoms. The van der Waals surface area contributed by atoms with Crippen molar-refractivity contribution in [3.05, 3.63) is 67.7 Å². The number of carbonyl (C=O) groups excluding carboxylic acids is 1. The third-order valence-corrected chi connectivity index (χ3v) is 8.08. The van der Waals surface area contributed by atoms with E-state index in [1.54, 1.807) is 12.1 Å². The van der Waals surface area contributed by atoms with Crippen molar-refractivity contribution < 1.29 is 18.3 Å². The zero-order valence-corrected chi connectivity index (χ0v) is 22.7. The van der Waals surface area contributed by atoms with Gasteiger partial charge in [-0.25, -0.2) is 8.78 Å². The number of methoxy groups -OCH3 is 1. The highest BCUT2D eigenvalue weighted by atomic mass is 35.5. The second kappa shape index (κ2) is 10.0. The summed E-state index contributed by atoms with van der Waals surface area (Å²) >= 11 is 12.5. The third kappa shape index (κ3) is 4.61. The fraction of sp³-hybridized carbons (Fsp3) is 0.407. The quantitative estimate of drug-likeness (QED) is 0.458. The molecular weight excluding hydrogens is 537 g/mol. The van der Waals surface area contributed by atoms with Gasteiger partial charge in [0, 0.05) is 54.4 Å². The largest absolute Gasteiger partial charge is 0.492 e. The van der Waals surface area contributed by atoms with Gasteiger partial charge in [0.1, 0.15) is 17.4 Å². The fourth-order valence-corrected chi connectivity index (χ4v) is 5.97. The number of nitrogens with zero attached hydrogens (tertiary/aromatic N) is 3. The summed E-state index contributed by atoms with van der Waals surface area (Å²) in [6.07, 6.45) is 0.329. The van der Waals surface area contributed by atoms with Gasteiger partial charge >= 0.3 is 0 Å². The van der Waals surface area contributed by atoms with Gasteiger partial charge in [-0.1, -0.05) is 29.3 Å². The van der Waals surface area contributed by atoms with Crippen LogP contribution in [0.3, 0.4) is 0 Å². The maximum atomic E-state index is 15.8. The number of anilines is 1. The molecule has 2 aromatic carbocycles. The average molecular weight is 565 g/mol. The predicted octanol–water partition coefficient (Wildman–Crippen LogP) is 4.94. The third-order valence-electron chi connectivity index (χ3n) is 7.49. The Morgan fingerprint density at radius 2 is 1.84 bits per heavy atom. The lowest BCUT2D eigenvalue weighted by molar-refractivity contribution is 0.0998. The molecule has 1 aliphatic carbocycles. The van der Waals surface area contributed by atoms with Crippen LogP contribution in [0.4, 0.5) is 14.5 Å². The Morgan fingerprint density at radius 1 is 1.18 bits per heavy atom. The minimum absolute atomic E-state index is 0.00313. The second-order valence-corrected chi connectivity index (χ2v) is 11.0. The van der Waals surface area contributed by atoms with Gasteiger partial charge in [-0.15, -0.1) is 0 Å². The minimum atomic E-state index is -1.15. The highest BCUT2D eigenvalue weighted by molar-refractivity contribution is 6.35. The summed E-state index contributed by atoms with van der Waals surface area (Å²) in [6, 6.07) is 5.93. The van der Waals surface area contributed by atoms with E-state index in [0.29, 0.717) is 29.7 Å². The van der Waals surface area contributed by atoms with Crippen molar-refractivity contribution in [2.75, 3.05) is 25.1 Å². The molecule has 7 nitrogen and oxygen atoms in total. The first-order chi connectivity index (χ1) is 18.0. The van der Waals surface area contributed by atoms with Gasteiger partial charge in [-0.2, -0.15) is 0 Å². The molecule has 1 amide bonds. The molecule has 2 aliphatic rings. The molecule has 2 N–H and O–H groups in total. The highest BCUT2D eigenvalue weighted by Crippen LogP contribution is 2.45. The molecule has 1 aliphatic heterocycles. The Morgan fingerprint density at radius 3 is 2.39 bits per heavy atom. The number of piperazine rings is 1. The Balaban J connectivity index is 1.56. The number of aromatic nitrogens is 1. The lowest BCUT2D eigenvalue weighted by Crippen LogP contribution is -2.56. The summed E-state index contributed by atoms with van der Waals surface area (Å²) in [5, 5.41) is 1.08. The molecule has 4 atom stereocenters. The van der Waals surface area contributed by atoms with Crippen LogP contribution in [0, 0.1) is 5.82 Å². The maximum absolute atomic E-state index is 15.8. The second-order valence-electron chi connectivity index (χ2n) is 10.1. The molecule has 5 rings (SSSR count). The number of pyridine rings is 1. The van der Waals surface area contributed by atoms with Crippen molar-refractivity contribution in [2.24, 2.45) is 5.73 Å². The SMILES string of the molecule is COc1c(N2CC(C)N(Cc3ccc(Cl)cc3Cl)C(C)C2)c(F)cc2c(=O)c(C(N)=O)cn([C@H]3C[C@H]3F)c12. The topological polar surface area (TPSA) is 80.8 Å². The standard InChI is InChI=1S/C27H28Cl2F2N4O3/c1-13-9-33(10-14(2)34(13)11-15-4-5-16(28)6-19(15)29)24-21(31)7-17-23(26(24)38-3)35(22-8-20(22)30)12-18(25(17)36)27(32)37/h4-7,12-14,20,22H,8-11H2,1-3H3,(H2,32,37)/t13?,14?,20-,22+/m1/s1. The molecule has 1 saturated carbocycles. The van der Waals surface area contributed by atoms with Crippen LogP contribution in [-0.2, 0) is 6.54 Å². The van der Waals surface area contributed by atoms with Crippen molar-refractivity contribution in [3.8, 4) is 5.75 Å². The van der Waals surface area contributed by atoms with Gasteiger partial charge in [-0.3, -0.25) is 14.5 Å². The number of nitrogens with two attached hydrogens (primary N) is 1. The summed E-state index contributed by atoms with van der Waals surface area (Å²) < 4.78 is 37.2. The normalized spacial score (nSPS) is 23.6. The molecule has 0 spiro atoms. The van der Waals surface area contributed by atoms with Crippen molar-refractivity contribution in [2.45, 2.75) is 51.1 Å². The summed E-state index contributed by atoms with van der Waals surface area (Å²) in [6.45, 7) is 5.62. The van der Waals surface area contributed by atoms with Crippen LogP contribution in [-0.4, -0.2) is 53.8 Å². The monoisotopic (exact) mass is 564 g/mol. The molecule has 3 aromatic rings. The number of hydrogen-bond donors (Lipinski definition) is 1. The number of benzene rings is 2. The van der Waals surface area contributed by atoms with Crippen LogP contribution >= 0.6 is 23.2 Å². The van der Waals surface area contributed by atoms with Crippen LogP contribution in [0.25, 0.3) is 10.9 Å². The smallest absolute Gasteiger partial charge is 0.254 e. The highest BCUT2D eigenvalue weighted by Gasteiger charge is 2.41. The van der Waals surface area contributed by atoms with Crippen molar-refractivity contribution in [1.82, 2.24) is 9.47 Å². The van der Waals surface area contributed by atoms with Gasteiger partial charge in [0.15, 0.2) is 11.6 Å². The van der Waals surface area contributed by atoms with E-state index in [1.165, 1.54) is 17.9 Å². The van der Waals surface area contributed by atoms with E-state index in [4.69, 9.17) is 33.7 Å². The summed E-state index contributed by atoms with van der Waals surface area (Å²) in [5.41, 5.74) is 5.76. The molecule has 202 valence electrons. The van der Waals surface area contributed by atoms with Crippen molar-refractivity contribution in [3.63, 3.8) is 0 Å². The first kappa shape index (κ1) is 26.7. The molecule has 2 unspecified atom stereocenters. The van der Waals surface area contributed by atoms with Crippen LogP contribution in [0.2, 0.25) is 10.0 Å². The predicted molar refractivity (Wildman–Crippen MR) is 145 cm³/mol. The van der Waals surface area contributed by atoms with Gasteiger partial charge in [0.2, 0.25) is 5.43 Å². The Kier molecular flexibility index (Phi) is 7.04. The summed E-state index contributed by atoms with van der Waals surface area (Å²) in [7, 11) is 1.39. The summed E-state index contributed by atoms with van der Waals surface area (Å²) in [4.78, 5) is 29.2. The zero-order valence-electron chi connectivity index (χ0n) is 21.2. The fourth-order valence-electron chi connectivity index (χ4n) is 5.51. The lowest BCUT2D eigenvalue weighted by atomic mass is 10.0. The molecule has 1 saturated heterocycles. The van der Waals surface area contributed by atoms with E-state index in [9.17, 15) is 14.0 Å². The number of primary amides is 1. The van der Waals surface area contributed by atoms with Gasteiger partial charge in [0.25, 0.3) is 5.91 Å². The van der Waals surface area contributed by atoms with E-state index in [1.807, 2.05) is 24.8 Å². The van der Waals surface area contributed by atoms with Crippen LogP contribution < -0.4 is 20.8 Å². The van der Waals surface area contributed by atoms with Crippen LogP contribution in [0.1, 0.15) is 42.2 Å². The number of ether oxygens (including phenoxy) is 1. The number of carbonyl (C=O) groups is 1.